The summed E-state index contributed by atoms with van der Waals surface area (Å²) < 4.78 is 15.5. The van der Waals surface area contributed by atoms with Crippen molar-refractivity contribution in [1.82, 2.24) is 0 Å². The lowest BCUT2D eigenvalue weighted by atomic mass is 10.6. The van der Waals surface area contributed by atoms with E-state index in [0.717, 1.165) is 0 Å². The molecule has 0 aliphatic rings. The molecule has 2 N–H and O–H groups in total. The Hall–Kier alpha value is 0.0569. The molecule has 0 amide bonds. The molecule has 0 aliphatic carbocycles. The van der Waals surface area contributed by atoms with Gasteiger partial charge in [0.1, 0.15) is 0 Å². The van der Waals surface area contributed by atoms with Crippen LogP contribution in [0.3, 0.4) is 0 Å². The standard InChI is InChI=1S/C6H17NO3Si.C3H8/c1-4-8-11(7,9-5-2)10-6-3;1-3-2/h4-7H2,1-3H3;3H2,1-2H3. The van der Waals surface area contributed by atoms with Crippen LogP contribution in [0, 0.1) is 0 Å². The maximum Gasteiger partial charge on any atom is 0.594 e. The minimum absolute atomic E-state index is 0.530. The molecular formula is C9H25NO3Si. The van der Waals surface area contributed by atoms with E-state index < -0.39 is 8.97 Å². The highest BCUT2D eigenvalue weighted by Crippen LogP contribution is 2.00. The average molecular weight is 223 g/mol. The molecule has 0 aromatic carbocycles. The zero-order chi connectivity index (χ0) is 11.4. The van der Waals surface area contributed by atoms with Crippen molar-refractivity contribution in [2.24, 2.45) is 5.40 Å². The summed E-state index contributed by atoms with van der Waals surface area (Å²) in [6.45, 7) is 11.4. The van der Waals surface area contributed by atoms with Crippen LogP contribution in [0.15, 0.2) is 0 Å². The molecule has 0 aromatic rings. The van der Waals surface area contributed by atoms with E-state index >= 15 is 0 Å². The van der Waals surface area contributed by atoms with Gasteiger partial charge in [0, 0.05) is 19.8 Å². The Kier molecular flexibility index (Phi) is 13.1. The molecule has 4 nitrogen and oxygen atoms in total. The molecule has 14 heavy (non-hydrogen) atoms. The SMILES string of the molecule is CCC.CCO[Si](N)(OCC)OCC. The van der Waals surface area contributed by atoms with Gasteiger partial charge in [0.05, 0.1) is 0 Å². The van der Waals surface area contributed by atoms with Crippen LogP contribution in [0.25, 0.3) is 0 Å². The van der Waals surface area contributed by atoms with Gasteiger partial charge in [-0.15, -0.1) is 0 Å². The van der Waals surface area contributed by atoms with Crippen molar-refractivity contribution in [3.63, 3.8) is 0 Å². The van der Waals surface area contributed by atoms with Gasteiger partial charge in [-0.1, -0.05) is 20.3 Å². The Balaban J connectivity index is 0. The summed E-state index contributed by atoms with van der Waals surface area (Å²) in [5.41, 5.74) is 0. The fourth-order valence-corrected chi connectivity index (χ4v) is 2.19. The molecule has 0 fully saturated rings. The van der Waals surface area contributed by atoms with Gasteiger partial charge >= 0.3 is 8.97 Å². The fourth-order valence-electron chi connectivity index (χ4n) is 0.729. The minimum Gasteiger partial charge on any atom is -0.362 e. The largest absolute Gasteiger partial charge is 0.594 e. The first-order valence-electron chi connectivity index (χ1n) is 5.30. The predicted octanol–water partition coefficient (Wildman–Crippen LogP) is 1.91. The quantitative estimate of drug-likeness (QED) is 0.699. The second-order valence-electron chi connectivity index (χ2n) is 2.61. The number of hydrogen-bond acceptors (Lipinski definition) is 4. The van der Waals surface area contributed by atoms with Crippen molar-refractivity contribution in [1.29, 1.82) is 0 Å². The first kappa shape index (κ1) is 16.5. The van der Waals surface area contributed by atoms with Crippen LogP contribution in [-0.4, -0.2) is 28.8 Å². The summed E-state index contributed by atoms with van der Waals surface area (Å²) in [4.78, 5) is 0. The third kappa shape index (κ3) is 10.1. The lowest BCUT2D eigenvalue weighted by Gasteiger charge is -2.22. The van der Waals surface area contributed by atoms with Crippen molar-refractivity contribution in [3.05, 3.63) is 0 Å². The molecule has 5 heteroatoms. The van der Waals surface area contributed by atoms with Crippen molar-refractivity contribution >= 4 is 8.97 Å². The molecule has 0 bridgehead atoms. The van der Waals surface area contributed by atoms with Crippen molar-refractivity contribution in [2.45, 2.75) is 41.0 Å². The summed E-state index contributed by atoms with van der Waals surface area (Å²) in [6.07, 6.45) is 1.25. The maximum absolute atomic E-state index is 5.70. The first-order chi connectivity index (χ1) is 6.60. The number of rotatable bonds is 6. The van der Waals surface area contributed by atoms with E-state index in [1.807, 2.05) is 20.8 Å². The van der Waals surface area contributed by atoms with Gasteiger partial charge in [-0.05, 0) is 20.8 Å². The molecule has 0 rings (SSSR count). The van der Waals surface area contributed by atoms with Crippen LogP contribution >= 0.6 is 0 Å². The van der Waals surface area contributed by atoms with Crippen molar-refractivity contribution in [3.8, 4) is 0 Å². The molecule has 0 aliphatic heterocycles. The average Bonchev–Trinajstić information content (AvgIpc) is 2.06. The zero-order valence-corrected chi connectivity index (χ0v) is 11.1. The van der Waals surface area contributed by atoms with Gasteiger partial charge in [0.25, 0.3) is 0 Å². The van der Waals surface area contributed by atoms with Gasteiger partial charge < -0.3 is 13.3 Å². The second kappa shape index (κ2) is 11.1. The molecule has 0 saturated carbocycles. The minimum atomic E-state index is -2.75. The summed E-state index contributed by atoms with van der Waals surface area (Å²) in [5.74, 6) is 0. The number of hydrogen-bond donors (Lipinski definition) is 1. The normalized spacial score (nSPS) is 10.7. The fraction of sp³-hybridized carbons (Fsp3) is 1.00. The van der Waals surface area contributed by atoms with Crippen LogP contribution in [0.1, 0.15) is 41.0 Å². The lowest BCUT2D eigenvalue weighted by molar-refractivity contribution is 0.0723. The van der Waals surface area contributed by atoms with Gasteiger partial charge in [0.2, 0.25) is 0 Å². The van der Waals surface area contributed by atoms with Crippen molar-refractivity contribution in [2.75, 3.05) is 19.8 Å². The van der Waals surface area contributed by atoms with Crippen LogP contribution < -0.4 is 5.40 Å². The van der Waals surface area contributed by atoms with E-state index in [2.05, 4.69) is 13.8 Å². The third-order valence-electron chi connectivity index (χ3n) is 1.04. The molecule has 0 radical (unpaired) electrons. The monoisotopic (exact) mass is 223 g/mol. The van der Waals surface area contributed by atoms with E-state index in [-0.39, 0.29) is 0 Å². The van der Waals surface area contributed by atoms with E-state index in [4.69, 9.17) is 18.7 Å². The maximum atomic E-state index is 5.70. The molecule has 0 unspecified atom stereocenters. The summed E-state index contributed by atoms with van der Waals surface area (Å²) in [7, 11) is -2.75. The first-order valence-corrected chi connectivity index (χ1v) is 7.10. The summed E-state index contributed by atoms with van der Waals surface area (Å²) in [6, 6.07) is 0. The molecule has 0 spiro atoms. The van der Waals surface area contributed by atoms with Gasteiger partial charge in [-0.25, -0.2) is 0 Å². The Labute approximate surface area is 89.2 Å². The zero-order valence-electron chi connectivity index (χ0n) is 10.1. The highest BCUT2D eigenvalue weighted by atomic mass is 28.4. The van der Waals surface area contributed by atoms with Gasteiger partial charge in [-0.3, -0.25) is 5.40 Å². The topological polar surface area (TPSA) is 53.7 Å². The van der Waals surface area contributed by atoms with Crippen LogP contribution in [0.2, 0.25) is 0 Å². The van der Waals surface area contributed by atoms with Crippen molar-refractivity contribution < 1.29 is 13.3 Å². The van der Waals surface area contributed by atoms with E-state index in [1.165, 1.54) is 6.42 Å². The van der Waals surface area contributed by atoms with E-state index in [0.29, 0.717) is 19.8 Å². The Morgan fingerprint density at radius 2 is 1.00 bits per heavy atom. The summed E-state index contributed by atoms with van der Waals surface area (Å²) >= 11 is 0. The summed E-state index contributed by atoms with van der Waals surface area (Å²) in [5, 5.41) is 5.70. The molecule has 0 aromatic heterocycles. The highest BCUT2D eigenvalue weighted by Gasteiger charge is 2.35. The predicted molar refractivity (Wildman–Crippen MR) is 60.8 cm³/mol. The van der Waals surface area contributed by atoms with Crippen LogP contribution in [0.4, 0.5) is 0 Å². The Bertz CT molecular complexity index is 97.2. The van der Waals surface area contributed by atoms with Crippen LogP contribution in [0.5, 0.6) is 0 Å². The lowest BCUT2D eigenvalue weighted by Crippen LogP contribution is -2.55. The van der Waals surface area contributed by atoms with E-state index in [9.17, 15) is 0 Å². The van der Waals surface area contributed by atoms with Gasteiger partial charge in [0.15, 0.2) is 0 Å². The second-order valence-corrected chi connectivity index (χ2v) is 4.68. The number of nitrogens with two attached hydrogens (primary N) is 1. The smallest absolute Gasteiger partial charge is 0.362 e. The molecule has 0 heterocycles. The highest BCUT2D eigenvalue weighted by molar-refractivity contribution is 6.56. The van der Waals surface area contributed by atoms with Gasteiger partial charge in [-0.2, -0.15) is 0 Å². The molecule has 0 atom stereocenters. The molecule has 88 valence electrons. The Morgan fingerprint density at radius 3 is 1.14 bits per heavy atom. The molecular weight excluding hydrogens is 198 g/mol. The van der Waals surface area contributed by atoms with Crippen LogP contribution in [-0.2, 0) is 13.3 Å². The van der Waals surface area contributed by atoms with E-state index in [1.54, 1.807) is 0 Å². The Morgan fingerprint density at radius 1 is 0.786 bits per heavy atom. The third-order valence-corrected chi connectivity index (χ3v) is 3.11. The molecule has 0 saturated heterocycles.